The number of hydrogen-bond acceptors (Lipinski definition) is 4. The van der Waals surface area contributed by atoms with E-state index >= 15 is 0 Å². The molecule has 3 aromatic rings. The molecule has 2 N–H and O–H groups in total. The molecular formula is C29H29ClF3N3O3. The largest absolute Gasteiger partial charge is 0.467 e. The number of carbonyl (C=O) groups excluding carboxylic acids is 1. The highest BCUT2D eigenvalue weighted by molar-refractivity contribution is 6.25. The number of alkyl halides is 4. The quantitative estimate of drug-likeness (QED) is 0.327. The van der Waals surface area contributed by atoms with Crippen LogP contribution in [0.5, 0.6) is 5.88 Å². The van der Waals surface area contributed by atoms with Gasteiger partial charge in [-0.3, -0.25) is 4.79 Å². The van der Waals surface area contributed by atoms with Crippen LogP contribution in [0.4, 0.5) is 13.2 Å². The van der Waals surface area contributed by atoms with E-state index in [0.717, 1.165) is 10.7 Å². The van der Waals surface area contributed by atoms with E-state index < -0.39 is 41.4 Å². The number of ether oxygens (including phenoxy) is 1. The SMILES string of the molecule is CC(C)[C@H](NC(=O)COc1cc(C(F)(F)F)nn1C1=CC=CCC1Cl)C(O)(c1ccccc1)c1ccccc1. The normalized spacial score (nSPS) is 16.6. The van der Waals surface area contributed by atoms with Crippen molar-refractivity contribution in [2.75, 3.05) is 6.61 Å². The Morgan fingerprint density at radius 1 is 1.13 bits per heavy atom. The number of nitrogens with zero attached hydrogens (tertiary/aromatic N) is 2. The van der Waals surface area contributed by atoms with Gasteiger partial charge in [-0.15, -0.1) is 11.6 Å². The van der Waals surface area contributed by atoms with Gasteiger partial charge in [-0.1, -0.05) is 86.7 Å². The molecule has 0 spiro atoms. The van der Waals surface area contributed by atoms with Crippen LogP contribution in [0.15, 0.2) is 85.0 Å². The molecule has 6 nitrogen and oxygen atoms in total. The van der Waals surface area contributed by atoms with Crippen LogP contribution in [0.1, 0.15) is 37.1 Å². The highest BCUT2D eigenvalue weighted by Crippen LogP contribution is 2.37. The summed E-state index contributed by atoms with van der Waals surface area (Å²) in [6, 6.07) is 17.9. The second-order valence-corrected chi connectivity index (χ2v) is 10.1. The number of aromatic nitrogens is 2. The van der Waals surface area contributed by atoms with Crippen molar-refractivity contribution in [3.63, 3.8) is 0 Å². The summed E-state index contributed by atoms with van der Waals surface area (Å²) in [6.07, 6.45) is 0.692. The molecule has 2 aromatic carbocycles. The van der Waals surface area contributed by atoms with Crippen LogP contribution in [0.2, 0.25) is 0 Å². The molecule has 1 aromatic heterocycles. The standard InChI is InChI=1S/C29H29ClF3N3O3/c1-19(2)27(28(38,20-11-5-3-6-12-20)21-13-7-4-8-14-21)34-25(37)18-39-26-17-24(29(31,32)33)35-36(26)23-16-10-9-15-22(23)30/h3-14,16-17,19,22,27,38H,15,18H2,1-2H3,(H,34,37)/t22?,27-/m0/s1. The number of rotatable bonds is 9. The smallest absolute Gasteiger partial charge is 0.435 e. The summed E-state index contributed by atoms with van der Waals surface area (Å²) >= 11 is 6.32. The van der Waals surface area contributed by atoms with E-state index in [1.807, 2.05) is 26.0 Å². The fourth-order valence-corrected chi connectivity index (χ4v) is 4.87. The van der Waals surface area contributed by atoms with Crippen LogP contribution in [-0.2, 0) is 16.6 Å². The van der Waals surface area contributed by atoms with Gasteiger partial charge in [0.1, 0.15) is 5.60 Å². The lowest BCUT2D eigenvalue weighted by Gasteiger charge is -2.40. The minimum atomic E-state index is -4.72. The Labute approximate surface area is 229 Å². The Hall–Kier alpha value is -3.56. The average molecular weight is 560 g/mol. The van der Waals surface area contributed by atoms with Gasteiger partial charge >= 0.3 is 6.18 Å². The van der Waals surface area contributed by atoms with E-state index in [4.69, 9.17) is 16.3 Å². The number of hydrogen-bond donors (Lipinski definition) is 2. The zero-order valence-electron chi connectivity index (χ0n) is 21.4. The van der Waals surface area contributed by atoms with Gasteiger partial charge in [0.05, 0.1) is 17.1 Å². The van der Waals surface area contributed by atoms with Gasteiger partial charge < -0.3 is 15.2 Å². The lowest BCUT2D eigenvalue weighted by Crippen LogP contribution is -2.55. The second kappa shape index (κ2) is 11.7. The van der Waals surface area contributed by atoms with E-state index in [1.165, 1.54) is 0 Å². The summed E-state index contributed by atoms with van der Waals surface area (Å²) in [5, 5.41) is 18.0. The molecule has 0 fully saturated rings. The van der Waals surface area contributed by atoms with E-state index in [9.17, 15) is 23.1 Å². The van der Waals surface area contributed by atoms with E-state index in [2.05, 4.69) is 10.4 Å². The predicted molar refractivity (Wildman–Crippen MR) is 143 cm³/mol. The van der Waals surface area contributed by atoms with Crippen molar-refractivity contribution in [2.45, 2.75) is 43.5 Å². The Bertz CT molecular complexity index is 1300. The van der Waals surface area contributed by atoms with Crippen LogP contribution in [0.25, 0.3) is 5.70 Å². The summed E-state index contributed by atoms with van der Waals surface area (Å²) in [6.45, 7) is 3.11. The van der Waals surface area contributed by atoms with Gasteiger partial charge in [-0.25, -0.2) is 4.68 Å². The van der Waals surface area contributed by atoms with Crippen LogP contribution >= 0.6 is 11.6 Å². The number of halogens is 4. The van der Waals surface area contributed by atoms with Gasteiger partial charge in [0.25, 0.3) is 5.91 Å². The molecule has 39 heavy (non-hydrogen) atoms. The highest BCUT2D eigenvalue weighted by atomic mass is 35.5. The third-order valence-electron chi connectivity index (χ3n) is 6.49. The molecule has 0 saturated carbocycles. The second-order valence-electron chi connectivity index (χ2n) is 9.58. The molecule has 206 valence electrons. The maximum atomic E-state index is 13.5. The number of amides is 1. The summed E-state index contributed by atoms with van der Waals surface area (Å²) in [4.78, 5) is 13.1. The van der Waals surface area contributed by atoms with Crippen LogP contribution in [0.3, 0.4) is 0 Å². The van der Waals surface area contributed by atoms with Gasteiger partial charge in [0.2, 0.25) is 5.88 Å². The zero-order valence-corrected chi connectivity index (χ0v) is 22.2. The lowest BCUT2D eigenvalue weighted by molar-refractivity contribution is -0.141. The van der Waals surface area contributed by atoms with Crippen molar-refractivity contribution in [2.24, 2.45) is 5.92 Å². The van der Waals surface area contributed by atoms with E-state index in [1.54, 1.807) is 66.8 Å². The molecule has 1 heterocycles. The van der Waals surface area contributed by atoms with Crippen molar-refractivity contribution in [3.8, 4) is 5.88 Å². The van der Waals surface area contributed by atoms with Crippen molar-refractivity contribution < 1.29 is 27.8 Å². The molecule has 1 aliphatic rings. The first-order valence-corrected chi connectivity index (χ1v) is 12.9. The minimum Gasteiger partial charge on any atom is -0.467 e. The number of allylic oxidation sites excluding steroid dienone is 4. The molecule has 0 bridgehead atoms. The van der Waals surface area contributed by atoms with E-state index in [-0.39, 0.29) is 11.8 Å². The number of aliphatic hydroxyl groups is 1. The monoisotopic (exact) mass is 559 g/mol. The minimum absolute atomic E-state index is 0.238. The third-order valence-corrected chi connectivity index (χ3v) is 6.89. The molecule has 0 aliphatic heterocycles. The first-order chi connectivity index (χ1) is 18.5. The van der Waals surface area contributed by atoms with Crippen molar-refractivity contribution in [1.82, 2.24) is 15.1 Å². The van der Waals surface area contributed by atoms with Gasteiger partial charge in [-0.05, 0) is 29.5 Å². The van der Waals surface area contributed by atoms with Gasteiger partial charge in [0.15, 0.2) is 12.3 Å². The Balaban J connectivity index is 1.61. The van der Waals surface area contributed by atoms with Crippen molar-refractivity contribution in [3.05, 3.63) is 102 Å². The Morgan fingerprint density at radius 2 is 1.72 bits per heavy atom. The lowest BCUT2D eigenvalue weighted by atomic mass is 9.76. The number of carbonyl (C=O) groups is 1. The molecule has 4 rings (SSSR count). The summed E-state index contributed by atoms with van der Waals surface area (Å²) in [7, 11) is 0. The van der Waals surface area contributed by atoms with Crippen LogP contribution < -0.4 is 10.1 Å². The molecule has 10 heteroatoms. The topological polar surface area (TPSA) is 76.4 Å². The van der Waals surface area contributed by atoms with Crippen molar-refractivity contribution in [1.29, 1.82) is 0 Å². The fraction of sp³-hybridized carbons (Fsp3) is 0.310. The summed E-state index contributed by atoms with van der Waals surface area (Å²) in [5.74, 6) is -1.13. The average Bonchev–Trinajstić information content (AvgIpc) is 3.36. The molecule has 0 radical (unpaired) electrons. The van der Waals surface area contributed by atoms with Crippen LogP contribution in [-0.4, -0.2) is 38.8 Å². The van der Waals surface area contributed by atoms with Crippen LogP contribution in [0, 0.1) is 5.92 Å². The maximum absolute atomic E-state index is 13.5. The number of benzene rings is 2. The Morgan fingerprint density at radius 3 is 2.23 bits per heavy atom. The molecule has 2 atom stereocenters. The van der Waals surface area contributed by atoms with Gasteiger partial charge in [0, 0.05) is 6.07 Å². The third kappa shape index (κ3) is 6.20. The molecule has 1 aliphatic carbocycles. The maximum Gasteiger partial charge on any atom is 0.435 e. The first-order valence-electron chi connectivity index (χ1n) is 12.5. The van der Waals surface area contributed by atoms with Gasteiger partial charge in [-0.2, -0.15) is 18.3 Å². The number of nitrogens with one attached hydrogen (secondary N) is 1. The summed E-state index contributed by atoms with van der Waals surface area (Å²) in [5.41, 5.74) is -1.31. The van der Waals surface area contributed by atoms with E-state index in [0.29, 0.717) is 23.2 Å². The fourth-order valence-electron chi connectivity index (χ4n) is 4.60. The van der Waals surface area contributed by atoms with Crippen molar-refractivity contribution >= 4 is 23.2 Å². The molecule has 1 unspecified atom stereocenters. The zero-order chi connectivity index (χ0) is 28.2. The molecular weight excluding hydrogens is 531 g/mol. The highest BCUT2D eigenvalue weighted by Gasteiger charge is 2.43. The Kier molecular flexibility index (Phi) is 8.51. The molecule has 1 amide bonds. The first kappa shape index (κ1) is 28.4. The molecule has 0 saturated heterocycles. The predicted octanol–water partition coefficient (Wildman–Crippen LogP) is 5.77. The summed E-state index contributed by atoms with van der Waals surface area (Å²) < 4.78 is 46.9.